The number of anilines is 2. The van der Waals surface area contributed by atoms with E-state index in [1.807, 2.05) is 30.3 Å². The van der Waals surface area contributed by atoms with Crippen molar-refractivity contribution in [3.05, 3.63) is 71.5 Å². The van der Waals surface area contributed by atoms with Crippen molar-refractivity contribution < 1.29 is 19.5 Å². The van der Waals surface area contributed by atoms with Gasteiger partial charge >= 0.3 is 0 Å². The van der Waals surface area contributed by atoms with Gasteiger partial charge in [0.2, 0.25) is 5.91 Å². The molecule has 1 unspecified atom stereocenters. The quantitative estimate of drug-likeness (QED) is 0.829. The van der Waals surface area contributed by atoms with Gasteiger partial charge < -0.3 is 10.4 Å². The Morgan fingerprint density at radius 2 is 1.64 bits per heavy atom. The SMILES string of the molecule is CC(=O)Nc1ccc(N2C(=O)C(O)=C(C(=O)C(C)C)C2c2ccccc2)cc1. The molecule has 0 saturated heterocycles. The molecule has 0 bridgehead atoms. The lowest BCUT2D eigenvalue weighted by Gasteiger charge is -2.27. The summed E-state index contributed by atoms with van der Waals surface area (Å²) in [6.45, 7) is 4.88. The first-order chi connectivity index (χ1) is 13.3. The van der Waals surface area contributed by atoms with Crippen LogP contribution in [0.25, 0.3) is 0 Å². The lowest BCUT2D eigenvalue weighted by molar-refractivity contribution is -0.119. The summed E-state index contributed by atoms with van der Waals surface area (Å²) in [5.74, 6) is -1.96. The van der Waals surface area contributed by atoms with Crippen LogP contribution in [0.3, 0.4) is 0 Å². The molecule has 1 heterocycles. The van der Waals surface area contributed by atoms with Gasteiger partial charge in [-0.05, 0) is 29.8 Å². The Bertz CT molecular complexity index is 946. The molecule has 2 N–H and O–H groups in total. The molecule has 1 aliphatic heterocycles. The van der Waals surface area contributed by atoms with E-state index in [9.17, 15) is 19.5 Å². The molecule has 0 saturated carbocycles. The van der Waals surface area contributed by atoms with Gasteiger partial charge in [0.25, 0.3) is 5.91 Å². The second kappa shape index (κ2) is 7.68. The molecule has 6 nitrogen and oxygen atoms in total. The van der Waals surface area contributed by atoms with Crippen LogP contribution in [0.5, 0.6) is 0 Å². The fourth-order valence-corrected chi connectivity index (χ4v) is 3.29. The van der Waals surface area contributed by atoms with E-state index in [-0.39, 0.29) is 23.2 Å². The first-order valence-corrected chi connectivity index (χ1v) is 9.04. The molecule has 0 fully saturated rings. The maximum atomic E-state index is 12.9. The van der Waals surface area contributed by atoms with Crippen molar-refractivity contribution >= 4 is 29.0 Å². The average Bonchev–Trinajstić information content (AvgIpc) is 2.93. The number of carbonyl (C=O) groups excluding carboxylic acids is 3. The molecule has 0 aromatic heterocycles. The van der Waals surface area contributed by atoms with Gasteiger partial charge in [0.15, 0.2) is 11.5 Å². The number of rotatable bonds is 5. The summed E-state index contributed by atoms with van der Waals surface area (Å²) >= 11 is 0. The zero-order chi connectivity index (χ0) is 20.4. The van der Waals surface area contributed by atoms with Crippen LogP contribution in [0, 0.1) is 5.92 Å². The van der Waals surface area contributed by atoms with Crippen molar-refractivity contribution in [2.45, 2.75) is 26.8 Å². The van der Waals surface area contributed by atoms with Crippen molar-refractivity contribution in [1.82, 2.24) is 0 Å². The average molecular weight is 378 g/mol. The Morgan fingerprint density at radius 3 is 2.18 bits per heavy atom. The number of benzene rings is 2. The Labute approximate surface area is 163 Å². The van der Waals surface area contributed by atoms with Crippen molar-refractivity contribution in [2.75, 3.05) is 10.2 Å². The molecule has 0 aliphatic carbocycles. The second-order valence-electron chi connectivity index (χ2n) is 7.00. The molecule has 0 spiro atoms. The molecule has 0 radical (unpaired) electrons. The van der Waals surface area contributed by atoms with E-state index in [1.54, 1.807) is 38.1 Å². The molecule has 3 rings (SSSR count). The lowest BCUT2D eigenvalue weighted by atomic mass is 9.91. The molecule has 1 aliphatic rings. The van der Waals surface area contributed by atoms with E-state index >= 15 is 0 Å². The van der Waals surface area contributed by atoms with Crippen LogP contribution in [0.1, 0.15) is 32.4 Å². The highest BCUT2D eigenvalue weighted by Crippen LogP contribution is 2.41. The van der Waals surface area contributed by atoms with Crippen molar-refractivity contribution in [3.8, 4) is 0 Å². The van der Waals surface area contributed by atoms with Gasteiger partial charge in [0.1, 0.15) is 0 Å². The number of hydrogen-bond donors (Lipinski definition) is 2. The number of hydrogen-bond acceptors (Lipinski definition) is 4. The molecule has 6 heteroatoms. The topological polar surface area (TPSA) is 86.7 Å². The molecule has 2 amide bonds. The van der Waals surface area contributed by atoms with E-state index in [4.69, 9.17) is 0 Å². The zero-order valence-corrected chi connectivity index (χ0v) is 16.0. The van der Waals surface area contributed by atoms with E-state index in [1.165, 1.54) is 11.8 Å². The summed E-state index contributed by atoms with van der Waals surface area (Å²) in [4.78, 5) is 38.3. The molecular weight excluding hydrogens is 356 g/mol. The van der Waals surface area contributed by atoms with Crippen LogP contribution >= 0.6 is 0 Å². The van der Waals surface area contributed by atoms with Crippen LogP contribution in [0.2, 0.25) is 0 Å². The minimum Gasteiger partial charge on any atom is -0.503 e. The Morgan fingerprint density at radius 1 is 1.04 bits per heavy atom. The molecule has 2 aromatic rings. The van der Waals surface area contributed by atoms with Crippen LogP contribution in [-0.2, 0) is 14.4 Å². The van der Waals surface area contributed by atoms with Gasteiger partial charge in [-0.15, -0.1) is 0 Å². The highest BCUT2D eigenvalue weighted by atomic mass is 16.3. The van der Waals surface area contributed by atoms with Crippen molar-refractivity contribution in [3.63, 3.8) is 0 Å². The number of aliphatic hydroxyl groups is 1. The van der Waals surface area contributed by atoms with Gasteiger partial charge in [0.05, 0.1) is 11.6 Å². The maximum absolute atomic E-state index is 12.9. The third-order valence-corrected chi connectivity index (χ3v) is 4.58. The summed E-state index contributed by atoms with van der Waals surface area (Å²) in [6.07, 6.45) is 0. The van der Waals surface area contributed by atoms with Gasteiger partial charge in [-0.25, -0.2) is 0 Å². The Hall–Kier alpha value is -3.41. The fraction of sp³-hybridized carbons (Fsp3) is 0.227. The molecular formula is C22H22N2O4. The van der Waals surface area contributed by atoms with Gasteiger partial charge in [-0.1, -0.05) is 44.2 Å². The summed E-state index contributed by atoms with van der Waals surface area (Å²) in [7, 11) is 0. The summed E-state index contributed by atoms with van der Waals surface area (Å²) in [5.41, 5.74) is 1.95. The smallest absolute Gasteiger partial charge is 0.294 e. The van der Waals surface area contributed by atoms with E-state index in [0.717, 1.165) is 5.56 Å². The van der Waals surface area contributed by atoms with Crippen molar-refractivity contribution in [1.29, 1.82) is 0 Å². The number of amides is 2. The minimum atomic E-state index is -0.713. The number of ketones is 1. The van der Waals surface area contributed by atoms with E-state index in [0.29, 0.717) is 11.4 Å². The molecule has 2 aromatic carbocycles. The standard InChI is InChI=1S/C22H22N2O4/c1-13(2)20(26)18-19(15-7-5-4-6-8-15)24(22(28)21(18)27)17-11-9-16(10-12-17)23-14(3)25/h4-13,19,27H,1-3H3,(H,23,25). The molecule has 144 valence electrons. The molecule has 28 heavy (non-hydrogen) atoms. The van der Waals surface area contributed by atoms with Crippen LogP contribution < -0.4 is 10.2 Å². The van der Waals surface area contributed by atoms with Gasteiger partial charge in [-0.2, -0.15) is 0 Å². The minimum absolute atomic E-state index is 0.108. The zero-order valence-electron chi connectivity index (χ0n) is 16.0. The highest BCUT2D eigenvalue weighted by Gasteiger charge is 2.44. The van der Waals surface area contributed by atoms with Crippen LogP contribution in [-0.4, -0.2) is 22.7 Å². The number of nitrogens with zero attached hydrogens (tertiary/aromatic N) is 1. The normalized spacial score (nSPS) is 16.6. The third-order valence-electron chi connectivity index (χ3n) is 4.58. The predicted octanol–water partition coefficient (Wildman–Crippen LogP) is 3.77. The summed E-state index contributed by atoms with van der Waals surface area (Å²) in [6, 6.07) is 15.1. The second-order valence-corrected chi connectivity index (χ2v) is 7.00. The first kappa shape index (κ1) is 19.4. The lowest BCUT2D eigenvalue weighted by Crippen LogP contribution is -2.31. The van der Waals surface area contributed by atoms with Crippen LogP contribution in [0.15, 0.2) is 65.9 Å². The van der Waals surface area contributed by atoms with E-state index < -0.39 is 17.7 Å². The fourth-order valence-electron chi connectivity index (χ4n) is 3.29. The number of nitrogens with one attached hydrogen (secondary N) is 1. The van der Waals surface area contributed by atoms with Crippen LogP contribution in [0.4, 0.5) is 11.4 Å². The monoisotopic (exact) mass is 378 g/mol. The third kappa shape index (κ3) is 3.53. The van der Waals surface area contributed by atoms with Gasteiger partial charge in [0, 0.05) is 24.2 Å². The highest BCUT2D eigenvalue weighted by molar-refractivity contribution is 6.16. The van der Waals surface area contributed by atoms with E-state index in [2.05, 4.69) is 5.32 Å². The summed E-state index contributed by atoms with van der Waals surface area (Å²) < 4.78 is 0. The largest absolute Gasteiger partial charge is 0.503 e. The summed E-state index contributed by atoms with van der Waals surface area (Å²) in [5, 5.41) is 13.2. The number of aliphatic hydroxyl groups excluding tert-OH is 1. The first-order valence-electron chi connectivity index (χ1n) is 9.04. The predicted molar refractivity (Wildman–Crippen MR) is 107 cm³/mol. The Kier molecular flexibility index (Phi) is 5.31. The molecule has 1 atom stereocenters. The maximum Gasteiger partial charge on any atom is 0.294 e. The van der Waals surface area contributed by atoms with Gasteiger partial charge in [-0.3, -0.25) is 19.3 Å². The Balaban J connectivity index is 2.08. The van der Waals surface area contributed by atoms with Crippen molar-refractivity contribution in [2.24, 2.45) is 5.92 Å². The number of Topliss-reactive ketones (excluding diaryl/α,β-unsaturated/α-hetero) is 1. The number of carbonyl (C=O) groups is 3.